The van der Waals surface area contributed by atoms with Crippen molar-refractivity contribution >= 4 is 17.5 Å². The fraction of sp³-hybridized carbons (Fsp3) is 0.350. The highest BCUT2D eigenvalue weighted by atomic mass is 35.5. The van der Waals surface area contributed by atoms with E-state index in [1.54, 1.807) is 29.5 Å². The summed E-state index contributed by atoms with van der Waals surface area (Å²) in [5.41, 5.74) is 1.02. The first-order valence-electron chi connectivity index (χ1n) is 9.10. The van der Waals surface area contributed by atoms with E-state index in [2.05, 4.69) is 9.97 Å². The van der Waals surface area contributed by atoms with Crippen LogP contribution in [0, 0.1) is 0 Å². The molecule has 3 aromatic rings. The zero-order chi connectivity index (χ0) is 18.6. The van der Waals surface area contributed by atoms with E-state index >= 15 is 0 Å². The third-order valence-electron chi connectivity index (χ3n) is 4.89. The Morgan fingerprint density at radius 3 is 3.04 bits per heavy atom. The molecule has 1 aliphatic rings. The molecule has 4 rings (SSSR count). The van der Waals surface area contributed by atoms with Crippen LogP contribution in [0.2, 0.25) is 5.02 Å². The number of piperidine rings is 1. The summed E-state index contributed by atoms with van der Waals surface area (Å²) >= 11 is 6.23. The topological polar surface area (TPSA) is 64.2 Å². The lowest BCUT2D eigenvalue weighted by molar-refractivity contribution is -0.133. The lowest BCUT2D eigenvalue weighted by Gasteiger charge is -2.31. The van der Waals surface area contributed by atoms with Gasteiger partial charge >= 0.3 is 0 Å². The standard InChI is InChI=1S/C20H21ClN4O2/c21-18-6-2-1-4-15(18)10-17-11-23-20(27-17)16-5-3-8-25(12-16)19(26)13-24-9-7-22-14-24/h1-2,4,6-7,9,11,14,16H,3,5,8,10,12-13H2/t16-/m0/s1. The van der Waals surface area contributed by atoms with Gasteiger partial charge in [0.05, 0.1) is 18.4 Å². The first-order valence-corrected chi connectivity index (χ1v) is 9.48. The first kappa shape index (κ1) is 17.8. The molecular formula is C20H21ClN4O2. The van der Waals surface area contributed by atoms with Gasteiger partial charge in [0.2, 0.25) is 5.91 Å². The largest absolute Gasteiger partial charge is 0.445 e. The van der Waals surface area contributed by atoms with Crippen molar-refractivity contribution in [3.05, 3.63) is 71.4 Å². The third-order valence-corrected chi connectivity index (χ3v) is 5.26. The lowest BCUT2D eigenvalue weighted by Crippen LogP contribution is -2.40. The minimum Gasteiger partial charge on any atom is -0.445 e. The Hall–Kier alpha value is -2.60. The molecule has 140 valence electrons. The van der Waals surface area contributed by atoms with Crippen LogP contribution < -0.4 is 0 Å². The van der Waals surface area contributed by atoms with E-state index in [4.69, 9.17) is 16.0 Å². The monoisotopic (exact) mass is 384 g/mol. The summed E-state index contributed by atoms with van der Waals surface area (Å²) in [5, 5.41) is 0.726. The number of imidazole rings is 1. The molecule has 0 bridgehead atoms. The van der Waals surface area contributed by atoms with E-state index in [0.29, 0.717) is 25.4 Å². The van der Waals surface area contributed by atoms with Crippen molar-refractivity contribution in [2.75, 3.05) is 13.1 Å². The predicted molar refractivity (Wildman–Crippen MR) is 102 cm³/mol. The van der Waals surface area contributed by atoms with Gasteiger partial charge in [0, 0.05) is 36.9 Å². The highest BCUT2D eigenvalue weighted by Crippen LogP contribution is 2.28. The smallest absolute Gasteiger partial charge is 0.242 e. The Morgan fingerprint density at radius 2 is 2.22 bits per heavy atom. The van der Waals surface area contributed by atoms with E-state index in [0.717, 1.165) is 35.7 Å². The molecule has 0 aliphatic carbocycles. The maximum Gasteiger partial charge on any atom is 0.242 e. The summed E-state index contributed by atoms with van der Waals surface area (Å²) < 4.78 is 7.78. The van der Waals surface area contributed by atoms with Crippen LogP contribution in [0.3, 0.4) is 0 Å². The Balaban J connectivity index is 1.40. The van der Waals surface area contributed by atoms with Crippen molar-refractivity contribution < 1.29 is 9.21 Å². The highest BCUT2D eigenvalue weighted by Gasteiger charge is 2.28. The summed E-state index contributed by atoms with van der Waals surface area (Å²) in [6.45, 7) is 1.73. The number of carbonyl (C=O) groups is 1. The van der Waals surface area contributed by atoms with Gasteiger partial charge in [-0.1, -0.05) is 29.8 Å². The molecule has 1 fully saturated rings. The average molecular weight is 385 g/mol. The molecule has 7 heteroatoms. The fourth-order valence-electron chi connectivity index (χ4n) is 3.46. The Labute approximate surface area is 162 Å². The number of halogens is 1. The van der Waals surface area contributed by atoms with Crippen molar-refractivity contribution in [3.63, 3.8) is 0 Å². The summed E-state index contributed by atoms with van der Waals surface area (Å²) in [6.07, 6.45) is 9.44. The third kappa shape index (κ3) is 4.22. The second kappa shape index (κ2) is 7.96. The molecule has 1 saturated heterocycles. The predicted octanol–water partition coefficient (Wildman–Crippen LogP) is 3.52. The van der Waals surface area contributed by atoms with Gasteiger partial charge < -0.3 is 13.9 Å². The quantitative estimate of drug-likeness (QED) is 0.675. The summed E-state index contributed by atoms with van der Waals surface area (Å²) in [4.78, 5) is 22.9. The van der Waals surface area contributed by atoms with Crippen molar-refractivity contribution in [2.24, 2.45) is 0 Å². The molecule has 0 N–H and O–H groups in total. The van der Waals surface area contributed by atoms with Gasteiger partial charge in [-0.2, -0.15) is 0 Å². The molecule has 0 spiro atoms. The Bertz CT molecular complexity index is 906. The first-order chi connectivity index (χ1) is 13.2. The van der Waals surface area contributed by atoms with Crippen LogP contribution in [-0.2, 0) is 17.8 Å². The second-order valence-corrected chi connectivity index (χ2v) is 7.25. The van der Waals surface area contributed by atoms with Crippen molar-refractivity contribution in [1.82, 2.24) is 19.4 Å². The van der Waals surface area contributed by atoms with Crippen LogP contribution >= 0.6 is 11.6 Å². The van der Waals surface area contributed by atoms with E-state index in [-0.39, 0.29) is 11.8 Å². The van der Waals surface area contributed by atoms with Crippen molar-refractivity contribution in [3.8, 4) is 0 Å². The van der Waals surface area contributed by atoms with Gasteiger partial charge in [-0.15, -0.1) is 0 Å². The van der Waals surface area contributed by atoms with Gasteiger partial charge in [-0.25, -0.2) is 9.97 Å². The average Bonchev–Trinajstić information content (AvgIpc) is 3.36. The van der Waals surface area contributed by atoms with Crippen molar-refractivity contribution in [2.45, 2.75) is 31.7 Å². The number of carbonyl (C=O) groups excluding carboxylic acids is 1. The molecule has 1 aromatic carbocycles. The molecule has 0 unspecified atom stereocenters. The molecule has 3 heterocycles. The number of nitrogens with zero attached hydrogens (tertiary/aromatic N) is 4. The van der Waals surface area contributed by atoms with Crippen LogP contribution in [0.15, 0.2) is 53.6 Å². The zero-order valence-corrected chi connectivity index (χ0v) is 15.7. The van der Waals surface area contributed by atoms with Crippen LogP contribution in [0.4, 0.5) is 0 Å². The van der Waals surface area contributed by atoms with Gasteiger partial charge in [-0.3, -0.25) is 4.79 Å². The van der Waals surface area contributed by atoms with Gasteiger partial charge in [0.25, 0.3) is 0 Å². The zero-order valence-electron chi connectivity index (χ0n) is 14.9. The number of amides is 1. The fourth-order valence-corrected chi connectivity index (χ4v) is 3.67. The Kier molecular flexibility index (Phi) is 5.25. The lowest BCUT2D eigenvalue weighted by atomic mass is 9.98. The molecule has 2 aromatic heterocycles. The highest BCUT2D eigenvalue weighted by molar-refractivity contribution is 6.31. The molecule has 1 aliphatic heterocycles. The number of rotatable bonds is 5. The molecule has 0 saturated carbocycles. The maximum atomic E-state index is 12.5. The van der Waals surface area contributed by atoms with Crippen LogP contribution in [0.5, 0.6) is 0 Å². The van der Waals surface area contributed by atoms with Gasteiger partial charge in [-0.05, 0) is 24.5 Å². The molecule has 0 radical (unpaired) electrons. The minimum absolute atomic E-state index is 0.0977. The number of oxazole rings is 1. The maximum absolute atomic E-state index is 12.5. The van der Waals surface area contributed by atoms with Crippen LogP contribution in [0.25, 0.3) is 0 Å². The van der Waals surface area contributed by atoms with Crippen LogP contribution in [-0.4, -0.2) is 38.4 Å². The van der Waals surface area contributed by atoms with Gasteiger partial charge in [0.15, 0.2) is 5.89 Å². The molecule has 6 nitrogen and oxygen atoms in total. The summed E-state index contributed by atoms with van der Waals surface area (Å²) in [5.74, 6) is 1.73. The number of hydrogen-bond donors (Lipinski definition) is 0. The molecule has 1 atom stereocenters. The molecule has 27 heavy (non-hydrogen) atoms. The van der Waals surface area contributed by atoms with E-state index < -0.39 is 0 Å². The van der Waals surface area contributed by atoms with Crippen LogP contribution in [0.1, 0.15) is 36.0 Å². The number of likely N-dealkylation sites (tertiary alicyclic amines) is 1. The number of aromatic nitrogens is 3. The number of benzene rings is 1. The summed E-state index contributed by atoms with van der Waals surface area (Å²) in [7, 11) is 0. The number of hydrogen-bond acceptors (Lipinski definition) is 4. The second-order valence-electron chi connectivity index (χ2n) is 6.85. The SMILES string of the molecule is O=C(Cn1ccnc1)N1CCC[C@H](c2ncc(Cc3ccccc3Cl)o2)C1. The van der Waals surface area contributed by atoms with E-state index in [1.165, 1.54) is 0 Å². The normalized spacial score (nSPS) is 17.2. The van der Waals surface area contributed by atoms with E-state index in [1.807, 2.05) is 29.2 Å². The molecular weight excluding hydrogens is 364 g/mol. The van der Waals surface area contributed by atoms with Gasteiger partial charge in [0.1, 0.15) is 12.3 Å². The minimum atomic E-state index is 0.0977. The molecule has 1 amide bonds. The van der Waals surface area contributed by atoms with Crippen molar-refractivity contribution in [1.29, 1.82) is 0 Å². The van der Waals surface area contributed by atoms with E-state index in [9.17, 15) is 4.79 Å². The summed E-state index contributed by atoms with van der Waals surface area (Å²) in [6, 6.07) is 7.74. The Morgan fingerprint density at radius 1 is 1.33 bits per heavy atom.